The Bertz CT molecular complexity index is 206. The number of allylic oxidation sites excluding steroid dienone is 1. The zero-order valence-corrected chi connectivity index (χ0v) is 8.24. The van der Waals surface area contributed by atoms with E-state index in [9.17, 15) is 9.90 Å². The van der Waals surface area contributed by atoms with Crippen LogP contribution in [-0.4, -0.2) is 30.0 Å². The molecule has 0 bridgehead atoms. The van der Waals surface area contributed by atoms with Gasteiger partial charge in [-0.15, -0.1) is 6.58 Å². The lowest BCUT2D eigenvalue weighted by atomic mass is 10.2. The van der Waals surface area contributed by atoms with Crippen molar-refractivity contribution in [3.63, 3.8) is 0 Å². The fourth-order valence-electron chi connectivity index (χ4n) is 1.40. The van der Waals surface area contributed by atoms with E-state index in [2.05, 4.69) is 11.9 Å². The van der Waals surface area contributed by atoms with Crippen LogP contribution in [0.2, 0.25) is 0 Å². The van der Waals surface area contributed by atoms with Crippen LogP contribution in [0.4, 0.5) is 0 Å². The molecule has 0 spiro atoms. The summed E-state index contributed by atoms with van der Waals surface area (Å²) in [6.07, 6.45) is 3.78. The SMILES string of the molecule is C=CCCCC(=O)N[C@H]1CCOC1O. The Morgan fingerprint density at radius 1 is 1.71 bits per heavy atom. The number of amides is 1. The molecule has 1 saturated heterocycles. The topological polar surface area (TPSA) is 58.6 Å². The third-order valence-corrected chi connectivity index (χ3v) is 2.22. The predicted octanol–water partition coefficient (Wildman–Crippen LogP) is 0.566. The van der Waals surface area contributed by atoms with Crippen molar-refractivity contribution in [3.8, 4) is 0 Å². The van der Waals surface area contributed by atoms with E-state index in [0.717, 1.165) is 12.8 Å². The maximum Gasteiger partial charge on any atom is 0.220 e. The van der Waals surface area contributed by atoms with Gasteiger partial charge < -0.3 is 15.2 Å². The Morgan fingerprint density at radius 2 is 2.50 bits per heavy atom. The fourth-order valence-corrected chi connectivity index (χ4v) is 1.40. The van der Waals surface area contributed by atoms with Crippen LogP contribution in [0, 0.1) is 0 Å². The normalized spacial score (nSPS) is 26.1. The monoisotopic (exact) mass is 199 g/mol. The van der Waals surface area contributed by atoms with Crippen LogP contribution in [-0.2, 0) is 9.53 Å². The molecule has 80 valence electrons. The molecule has 0 aromatic heterocycles. The lowest BCUT2D eigenvalue weighted by molar-refractivity contribution is -0.125. The summed E-state index contributed by atoms with van der Waals surface area (Å²) in [6, 6.07) is -0.230. The van der Waals surface area contributed by atoms with Crippen LogP contribution in [0.1, 0.15) is 25.7 Å². The van der Waals surface area contributed by atoms with E-state index in [-0.39, 0.29) is 11.9 Å². The molecular weight excluding hydrogens is 182 g/mol. The molecule has 0 aliphatic carbocycles. The average molecular weight is 199 g/mol. The largest absolute Gasteiger partial charge is 0.366 e. The number of ether oxygens (including phenoxy) is 1. The molecule has 1 rings (SSSR count). The van der Waals surface area contributed by atoms with E-state index in [1.165, 1.54) is 0 Å². The minimum atomic E-state index is -0.835. The standard InChI is InChI=1S/C10H17NO3/c1-2-3-4-5-9(12)11-8-6-7-14-10(8)13/h2,8,10,13H,1,3-7H2,(H,11,12)/t8-,10?/m0/s1. The van der Waals surface area contributed by atoms with E-state index in [0.29, 0.717) is 19.4 Å². The van der Waals surface area contributed by atoms with Gasteiger partial charge in [0.25, 0.3) is 0 Å². The quantitative estimate of drug-likeness (QED) is 0.502. The molecule has 1 fully saturated rings. The summed E-state index contributed by atoms with van der Waals surface area (Å²) in [4.78, 5) is 11.3. The van der Waals surface area contributed by atoms with Gasteiger partial charge in [0.2, 0.25) is 5.91 Å². The molecule has 0 saturated carbocycles. The van der Waals surface area contributed by atoms with Crippen molar-refractivity contribution in [1.29, 1.82) is 0 Å². The number of hydrogen-bond acceptors (Lipinski definition) is 3. The maximum absolute atomic E-state index is 11.3. The van der Waals surface area contributed by atoms with E-state index >= 15 is 0 Å². The molecule has 1 aliphatic heterocycles. The molecule has 1 aliphatic rings. The minimum Gasteiger partial charge on any atom is -0.366 e. The third-order valence-electron chi connectivity index (χ3n) is 2.22. The number of carbonyl (C=O) groups excluding carboxylic acids is 1. The van der Waals surface area contributed by atoms with Crippen molar-refractivity contribution in [2.24, 2.45) is 0 Å². The van der Waals surface area contributed by atoms with Gasteiger partial charge in [0, 0.05) is 6.42 Å². The molecule has 2 atom stereocenters. The Hall–Kier alpha value is -0.870. The summed E-state index contributed by atoms with van der Waals surface area (Å²) in [5, 5.41) is 12.0. The Labute approximate surface area is 83.9 Å². The van der Waals surface area contributed by atoms with Gasteiger partial charge in [-0.25, -0.2) is 0 Å². The second-order valence-corrected chi connectivity index (χ2v) is 3.40. The highest BCUT2D eigenvalue weighted by atomic mass is 16.6. The number of hydrogen-bond donors (Lipinski definition) is 2. The van der Waals surface area contributed by atoms with Crippen LogP contribution in [0.15, 0.2) is 12.7 Å². The number of aliphatic hydroxyl groups excluding tert-OH is 1. The highest BCUT2D eigenvalue weighted by molar-refractivity contribution is 5.76. The highest BCUT2D eigenvalue weighted by Gasteiger charge is 2.26. The maximum atomic E-state index is 11.3. The summed E-state index contributed by atoms with van der Waals surface area (Å²) >= 11 is 0. The first kappa shape index (κ1) is 11.2. The molecule has 0 aromatic carbocycles. The van der Waals surface area contributed by atoms with Gasteiger partial charge in [0.05, 0.1) is 12.6 Å². The first-order valence-corrected chi connectivity index (χ1v) is 4.94. The summed E-state index contributed by atoms with van der Waals surface area (Å²) in [5.74, 6) is -0.0265. The molecule has 4 heteroatoms. The first-order valence-electron chi connectivity index (χ1n) is 4.94. The molecule has 2 N–H and O–H groups in total. The van der Waals surface area contributed by atoms with Crippen molar-refractivity contribution >= 4 is 5.91 Å². The van der Waals surface area contributed by atoms with E-state index < -0.39 is 6.29 Å². The van der Waals surface area contributed by atoms with E-state index in [1.54, 1.807) is 6.08 Å². The number of nitrogens with one attached hydrogen (secondary N) is 1. The van der Waals surface area contributed by atoms with Crippen LogP contribution < -0.4 is 5.32 Å². The van der Waals surface area contributed by atoms with Crippen LogP contribution >= 0.6 is 0 Å². The second kappa shape index (κ2) is 5.78. The van der Waals surface area contributed by atoms with Crippen molar-refractivity contribution in [2.45, 2.75) is 38.0 Å². The zero-order valence-electron chi connectivity index (χ0n) is 8.24. The van der Waals surface area contributed by atoms with Crippen molar-refractivity contribution in [3.05, 3.63) is 12.7 Å². The Balaban J connectivity index is 2.16. The van der Waals surface area contributed by atoms with Gasteiger partial charge in [-0.2, -0.15) is 0 Å². The van der Waals surface area contributed by atoms with E-state index in [1.807, 2.05) is 0 Å². The molecule has 4 nitrogen and oxygen atoms in total. The van der Waals surface area contributed by atoms with Crippen molar-refractivity contribution in [2.75, 3.05) is 6.61 Å². The van der Waals surface area contributed by atoms with Crippen molar-refractivity contribution in [1.82, 2.24) is 5.32 Å². The molecule has 1 unspecified atom stereocenters. The van der Waals surface area contributed by atoms with Gasteiger partial charge >= 0.3 is 0 Å². The molecule has 0 radical (unpaired) electrons. The fraction of sp³-hybridized carbons (Fsp3) is 0.700. The van der Waals surface area contributed by atoms with Gasteiger partial charge in [-0.05, 0) is 19.3 Å². The van der Waals surface area contributed by atoms with E-state index in [4.69, 9.17) is 4.74 Å². The van der Waals surface area contributed by atoms with Gasteiger partial charge in [0.15, 0.2) is 6.29 Å². The van der Waals surface area contributed by atoms with Crippen LogP contribution in [0.3, 0.4) is 0 Å². The number of unbranched alkanes of at least 4 members (excludes halogenated alkanes) is 1. The molecule has 0 aromatic rings. The first-order chi connectivity index (χ1) is 6.74. The number of carbonyl (C=O) groups is 1. The lowest BCUT2D eigenvalue weighted by Crippen LogP contribution is -2.40. The average Bonchev–Trinajstić information content (AvgIpc) is 2.52. The summed E-state index contributed by atoms with van der Waals surface area (Å²) in [5.41, 5.74) is 0. The minimum absolute atomic E-state index is 0.0265. The molecule has 1 heterocycles. The zero-order chi connectivity index (χ0) is 10.4. The van der Waals surface area contributed by atoms with Gasteiger partial charge in [-0.3, -0.25) is 4.79 Å². The number of rotatable bonds is 5. The summed E-state index contributed by atoms with van der Waals surface area (Å²) in [6.45, 7) is 4.09. The summed E-state index contributed by atoms with van der Waals surface area (Å²) in [7, 11) is 0. The van der Waals surface area contributed by atoms with Crippen molar-refractivity contribution < 1.29 is 14.6 Å². The third kappa shape index (κ3) is 3.47. The smallest absolute Gasteiger partial charge is 0.220 e. The Morgan fingerprint density at radius 3 is 3.07 bits per heavy atom. The number of aliphatic hydroxyl groups is 1. The lowest BCUT2D eigenvalue weighted by Gasteiger charge is -2.14. The molecule has 1 amide bonds. The van der Waals surface area contributed by atoms with Gasteiger partial charge in [-0.1, -0.05) is 6.08 Å². The molecule has 14 heavy (non-hydrogen) atoms. The summed E-state index contributed by atoms with van der Waals surface area (Å²) < 4.78 is 4.92. The predicted molar refractivity (Wildman–Crippen MR) is 52.6 cm³/mol. The second-order valence-electron chi connectivity index (χ2n) is 3.40. The van der Waals surface area contributed by atoms with Crippen LogP contribution in [0.5, 0.6) is 0 Å². The Kier molecular flexibility index (Phi) is 4.62. The highest BCUT2D eigenvalue weighted by Crippen LogP contribution is 2.10. The van der Waals surface area contributed by atoms with Crippen LogP contribution in [0.25, 0.3) is 0 Å². The van der Waals surface area contributed by atoms with Gasteiger partial charge in [0.1, 0.15) is 0 Å². The molecular formula is C10H17NO3.